The number of piperazine rings is 1. The van der Waals surface area contributed by atoms with Crippen LogP contribution in [0.15, 0.2) is 60.8 Å². The highest BCUT2D eigenvalue weighted by molar-refractivity contribution is 5.89. The van der Waals surface area contributed by atoms with E-state index in [2.05, 4.69) is 47.3 Å². The first-order chi connectivity index (χ1) is 18.8. The van der Waals surface area contributed by atoms with Crippen LogP contribution in [0.2, 0.25) is 0 Å². The Morgan fingerprint density at radius 1 is 0.846 bits per heavy atom. The molecule has 0 atom stereocenters. The summed E-state index contributed by atoms with van der Waals surface area (Å²) in [5, 5.41) is 5.95. The fourth-order valence-electron chi connectivity index (χ4n) is 4.37. The number of anilines is 5. The van der Waals surface area contributed by atoms with Crippen molar-refractivity contribution in [1.82, 2.24) is 14.9 Å². The van der Waals surface area contributed by atoms with E-state index in [0.29, 0.717) is 37.8 Å². The summed E-state index contributed by atoms with van der Waals surface area (Å²) in [5.41, 5.74) is 2.40. The first-order valence-corrected chi connectivity index (χ1v) is 12.5. The van der Waals surface area contributed by atoms with Crippen LogP contribution in [0.3, 0.4) is 0 Å². The van der Waals surface area contributed by atoms with Gasteiger partial charge in [0.25, 0.3) is 0 Å². The van der Waals surface area contributed by atoms with Gasteiger partial charge in [-0.15, -0.1) is 13.2 Å². The molecular formula is C26H28F3N7O3. The van der Waals surface area contributed by atoms with E-state index in [0.717, 1.165) is 55.6 Å². The monoisotopic (exact) mass is 543 g/mol. The number of halogens is 3. The van der Waals surface area contributed by atoms with Crippen molar-refractivity contribution in [2.75, 3.05) is 72.9 Å². The zero-order valence-electron chi connectivity index (χ0n) is 21.0. The van der Waals surface area contributed by atoms with Gasteiger partial charge in [-0.05, 0) is 54.6 Å². The van der Waals surface area contributed by atoms with Gasteiger partial charge in [-0.1, -0.05) is 0 Å². The molecule has 2 aliphatic heterocycles. The predicted octanol–water partition coefficient (Wildman–Crippen LogP) is 4.31. The second-order valence-electron chi connectivity index (χ2n) is 8.99. The SMILES string of the molecule is O=C(Nc1ccc(OC(F)(F)F)cc1)N1CCN(c2ccnc(Nc3ccc(N4CCOCC4)cc3)n2)CC1. The van der Waals surface area contributed by atoms with Crippen LogP contribution < -0.4 is 25.2 Å². The summed E-state index contributed by atoms with van der Waals surface area (Å²) in [6, 6.07) is 14.6. The summed E-state index contributed by atoms with van der Waals surface area (Å²) in [5.74, 6) is 0.875. The lowest BCUT2D eigenvalue weighted by Gasteiger charge is -2.35. The molecule has 2 fully saturated rings. The summed E-state index contributed by atoms with van der Waals surface area (Å²) in [7, 11) is 0. The van der Waals surface area contributed by atoms with E-state index in [-0.39, 0.29) is 11.8 Å². The number of rotatable bonds is 6. The molecule has 2 amide bonds. The number of amides is 2. The second kappa shape index (κ2) is 11.6. The molecule has 39 heavy (non-hydrogen) atoms. The Bertz CT molecular complexity index is 1240. The Hall–Kier alpha value is -4.26. The van der Waals surface area contributed by atoms with Crippen LogP contribution in [0.25, 0.3) is 0 Å². The normalized spacial score (nSPS) is 16.1. The van der Waals surface area contributed by atoms with Gasteiger partial charge in [0, 0.05) is 62.5 Å². The predicted molar refractivity (Wildman–Crippen MR) is 141 cm³/mol. The number of carbonyl (C=O) groups is 1. The van der Waals surface area contributed by atoms with Crippen molar-refractivity contribution < 1.29 is 27.4 Å². The molecule has 2 N–H and O–H groups in total. The number of nitrogens with zero attached hydrogens (tertiary/aromatic N) is 5. The second-order valence-corrected chi connectivity index (χ2v) is 8.99. The molecule has 2 saturated heterocycles. The molecule has 5 rings (SSSR count). The minimum atomic E-state index is -4.76. The standard InChI is InChI=1S/C26H28F3N7O3/c27-26(28,29)39-22-7-3-20(4-8-22)32-25(37)36-13-11-35(12-14-36)23-9-10-30-24(33-23)31-19-1-5-21(6-2-19)34-15-17-38-18-16-34/h1-10H,11-18H2,(H,32,37)(H,30,31,33). The highest BCUT2D eigenvalue weighted by Crippen LogP contribution is 2.25. The molecule has 0 radical (unpaired) electrons. The largest absolute Gasteiger partial charge is 0.573 e. The fraction of sp³-hybridized carbons (Fsp3) is 0.346. The average Bonchev–Trinajstić information content (AvgIpc) is 2.94. The number of ether oxygens (including phenoxy) is 2. The third kappa shape index (κ3) is 7.19. The third-order valence-electron chi connectivity index (χ3n) is 6.37. The maximum Gasteiger partial charge on any atom is 0.573 e. The number of carbonyl (C=O) groups excluding carboxylic acids is 1. The van der Waals surface area contributed by atoms with E-state index in [4.69, 9.17) is 4.74 Å². The molecule has 2 aliphatic rings. The van der Waals surface area contributed by atoms with Crippen molar-refractivity contribution in [1.29, 1.82) is 0 Å². The van der Waals surface area contributed by atoms with Crippen LogP contribution in [0.4, 0.5) is 46.8 Å². The Morgan fingerprint density at radius 3 is 2.18 bits per heavy atom. The molecule has 1 aromatic heterocycles. The maximum atomic E-state index is 12.6. The lowest BCUT2D eigenvalue weighted by molar-refractivity contribution is -0.274. The van der Waals surface area contributed by atoms with Crippen molar-refractivity contribution in [2.45, 2.75) is 6.36 Å². The summed E-state index contributed by atoms with van der Waals surface area (Å²) >= 11 is 0. The summed E-state index contributed by atoms with van der Waals surface area (Å²) in [4.78, 5) is 27.6. The number of hydrogen-bond acceptors (Lipinski definition) is 8. The summed E-state index contributed by atoms with van der Waals surface area (Å²) in [6.45, 7) is 5.26. The number of urea groups is 1. The van der Waals surface area contributed by atoms with E-state index in [1.54, 1.807) is 11.1 Å². The van der Waals surface area contributed by atoms with Crippen molar-refractivity contribution in [3.8, 4) is 5.75 Å². The first-order valence-electron chi connectivity index (χ1n) is 12.5. The summed E-state index contributed by atoms with van der Waals surface area (Å²) < 4.78 is 46.2. The number of hydrogen-bond donors (Lipinski definition) is 2. The van der Waals surface area contributed by atoms with Gasteiger partial charge in [0.05, 0.1) is 13.2 Å². The number of nitrogens with one attached hydrogen (secondary N) is 2. The van der Waals surface area contributed by atoms with Gasteiger partial charge in [-0.25, -0.2) is 9.78 Å². The molecule has 0 spiro atoms. The minimum absolute atomic E-state index is 0.329. The van der Waals surface area contributed by atoms with Gasteiger partial charge in [0.2, 0.25) is 5.95 Å². The molecule has 2 aromatic carbocycles. The molecule has 3 heterocycles. The van der Waals surface area contributed by atoms with Gasteiger partial charge < -0.3 is 34.8 Å². The van der Waals surface area contributed by atoms with E-state index < -0.39 is 6.36 Å². The Balaban J connectivity index is 1.12. The number of benzene rings is 2. The van der Waals surface area contributed by atoms with Crippen LogP contribution >= 0.6 is 0 Å². The molecule has 206 valence electrons. The fourth-order valence-corrected chi connectivity index (χ4v) is 4.37. The van der Waals surface area contributed by atoms with Gasteiger partial charge in [0.15, 0.2) is 0 Å². The lowest BCUT2D eigenvalue weighted by Crippen LogP contribution is -2.50. The molecule has 0 saturated carbocycles. The lowest BCUT2D eigenvalue weighted by atomic mass is 10.2. The first kappa shape index (κ1) is 26.4. The molecular weight excluding hydrogens is 515 g/mol. The molecule has 13 heteroatoms. The van der Waals surface area contributed by atoms with Crippen LogP contribution in [-0.2, 0) is 4.74 Å². The van der Waals surface area contributed by atoms with Gasteiger partial charge in [-0.2, -0.15) is 4.98 Å². The maximum absolute atomic E-state index is 12.6. The van der Waals surface area contributed by atoms with Crippen molar-refractivity contribution in [3.63, 3.8) is 0 Å². The van der Waals surface area contributed by atoms with Gasteiger partial charge in [0.1, 0.15) is 11.6 Å². The van der Waals surface area contributed by atoms with E-state index in [1.165, 1.54) is 12.1 Å². The molecule has 10 nitrogen and oxygen atoms in total. The minimum Gasteiger partial charge on any atom is -0.406 e. The smallest absolute Gasteiger partial charge is 0.406 e. The number of morpholine rings is 1. The Kier molecular flexibility index (Phi) is 7.87. The number of alkyl halides is 3. The Morgan fingerprint density at radius 2 is 1.51 bits per heavy atom. The van der Waals surface area contributed by atoms with Crippen molar-refractivity contribution >= 4 is 34.9 Å². The highest BCUT2D eigenvalue weighted by atomic mass is 19.4. The van der Waals surface area contributed by atoms with Crippen LogP contribution in [0, 0.1) is 0 Å². The van der Waals surface area contributed by atoms with Crippen LogP contribution in [0.5, 0.6) is 5.75 Å². The van der Waals surface area contributed by atoms with E-state index in [1.807, 2.05) is 18.2 Å². The van der Waals surface area contributed by atoms with Crippen molar-refractivity contribution in [3.05, 3.63) is 60.8 Å². The summed E-state index contributed by atoms with van der Waals surface area (Å²) in [6.07, 6.45) is -3.07. The highest BCUT2D eigenvalue weighted by Gasteiger charge is 2.31. The molecule has 0 aliphatic carbocycles. The zero-order chi connectivity index (χ0) is 27.2. The van der Waals surface area contributed by atoms with Crippen LogP contribution in [-0.4, -0.2) is 79.7 Å². The Labute approximate surface area is 223 Å². The molecule has 3 aromatic rings. The van der Waals surface area contributed by atoms with Crippen molar-refractivity contribution in [2.24, 2.45) is 0 Å². The number of aromatic nitrogens is 2. The van der Waals surface area contributed by atoms with Crippen LogP contribution in [0.1, 0.15) is 0 Å². The zero-order valence-corrected chi connectivity index (χ0v) is 21.0. The average molecular weight is 544 g/mol. The van der Waals surface area contributed by atoms with E-state index in [9.17, 15) is 18.0 Å². The van der Waals surface area contributed by atoms with E-state index >= 15 is 0 Å². The molecule has 0 bridgehead atoms. The van der Waals surface area contributed by atoms with Gasteiger partial charge >= 0.3 is 12.4 Å². The quantitative estimate of drug-likeness (QED) is 0.475. The third-order valence-corrected chi connectivity index (χ3v) is 6.37. The topological polar surface area (TPSA) is 95.1 Å². The van der Waals surface area contributed by atoms with Gasteiger partial charge in [-0.3, -0.25) is 0 Å². The molecule has 0 unspecified atom stereocenters.